The lowest BCUT2D eigenvalue weighted by atomic mass is 9.76. The van der Waals surface area contributed by atoms with E-state index in [-0.39, 0.29) is 24.3 Å². The fourth-order valence-corrected chi connectivity index (χ4v) is 4.21. The van der Waals surface area contributed by atoms with E-state index >= 15 is 0 Å². The van der Waals surface area contributed by atoms with Crippen molar-refractivity contribution in [2.24, 2.45) is 11.8 Å². The zero-order valence-electron chi connectivity index (χ0n) is 13.2. The number of halogens is 2. The van der Waals surface area contributed by atoms with Gasteiger partial charge in [0.1, 0.15) is 0 Å². The highest BCUT2D eigenvalue weighted by Crippen LogP contribution is 2.45. The van der Waals surface area contributed by atoms with Crippen LogP contribution in [0.1, 0.15) is 38.5 Å². The van der Waals surface area contributed by atoms with Crippen molar-refractivity contribution in [3.05, 3.63) is 0 Å². The van der Waals surface area contributed by atoms with Crippen LogP contribution >= 0.6 is 0 Å². The summed E-state index contributed by atoms with van der Waals surface area (Å²) in [5.41, 5.74) is -0.126. The molecule has 0 aromatic heterocycles. The van der Waals surface area contributed by atoms with E-state index in [2.05, 4.69) is 0 Å². The fraction of sp³-hybridized carbons (Fsp3) is 0.938. The minimum absolute atomic E-state index is 0.0905. The third-order valence-corrected chi connectivity index (χ3v) is 5.63. The minimum atomic E-state index is -2.63. The first-order chi connectivity index (χ1) is 10.5. The minimum Gasteiger partial charge on any atom is -0.385 e. The summed E-state index contributed by atoms with van der Waals surface area (Å²) in [6.07, 6.45) is 3.11. The van der Waals surface area contributed by atoms with Gasteiger partial charge in [-0.25, -0.2) is 8.78 Å². The van der Waals surface area contributed by atoms with Crippen LogP contribution in [0.4, 0.5) is 8.78 Å². The van der Waals surface area contributed by atoms with Crippen molar-refractivity contribution >= 4 is 5.91 Å². The van der Waals surface area contributed by atoms with E-state index in [1.807, 2.05) is 0 Å². The number of methoxy groups -OCH3 is 1. The second-order valence-electron chi connectivity index (χ2n) is 6.97. The average molecular weight is 317 g/mol. The average Bonchev–Trinajstić information content (AvgIpc) is 2.85. The molecule has 3 aliphatic rings. The number of carbonyl (C=O) groups excluding carboxylic acids is 1. The van der Waals surface area contributed by atoms with Gasteiger partial charge in [0.2, 0.25) is 11.8 Å². The van der Waals surface area contributed by atoms with Gasteiger partial charge in [0, 0.05) is 52.2 Å². The molecule has 0 aromatic carbocycles. The molecule has 126 valence electrons. The van der Waals surface area contributed by atoms with E-state index in [9.17, 15) is 13.6 Å². The van der Waals surface area contributed by atoms with Crippen molar-refractivity contribution in [1.82, 2.24) is 4.90 Å². The summed E-state index contributed by atoms with van der Waals surface area (Å²) in [4.78, 5) is 14.0. The van der Waals surface area contributed by atoms with E-state index in [1.165, 1.54) is 0 Å². The van der Waals surface area contributed by atoms with Crippen LogP contribution in [-0.2, 0) is 14.3 Å². The molecule has 3 rings (SSSR count). The third kappa shape index (κ3) is 3.00. The van der Waals surface area contributed by atoms with Gasteiger partial charge in [-0.1, -0.05) is 0 Å². The summed E-state index contributed by atoms with van der Waals surface area (Å²) < 4.78 is 37.1. The van der Waals surface area contributed by atoms with Crippen molar-refractivity contribution < 1.29 is 23.0 Å². The molecule has 0 N–H and O–H groups in total. The van der Waals surface area contributed by atoms with Crippen LogP contribution in [-0.4, -0.2) is 55.7 Å². The summed E-state index contributed by atoms with van der Waals surface area (Å²) in [6.45, 7) is 2.77. The van der Waals surface area contributed by atoms with Crippen molar-refractivity contribution in [3.8, 4) is 0 Å². The SMILES string of the molecule is COCCC1CCOC12CCN(C(=O)C1CC(F)(F)C1)CC2. The van der Waals surface area contributed by atoms with Crippen LogP contribution in [0.3, 0.4) is 0 Å². The number of piperidine rings is 1. The zero-order chi connectivity index (χ0) is 15.8. The summed E-state index contributed by atoms with van der Waals surface area (Å²) in [5, 5.41) is 0. The summed E-state index contributed by atoms with van der Waals surface area (Å²) >= 11 is 0. The standard InChI is InChI=1S/C16H25F2NO3/c1-21-8-2-13-3-9-22-15(13)4-6-19(7-5-15)14(20)12-10-16(17,18)11-12/h12-13H,2-11H2,1H3. The second-order valence-corrected chi connectivity index (χ2v) is 6.97. The van der Waals surface area contributed by atoms with Gasteiger partial charge in [0.25, 0.3) is 0 Å². The Bertz CT molecular complexity index is 414. The molecule has 1 aliphatic carbocycles. The van der Waals surface area contributed by atoms with E-state index in [0.717, 1.165) is 38.9 Å². The second kappa shape index (κ2) is 6.04. The Morgan fingerprint density at radius 3 is 2.59 bits per heavy atom. The van der Waals surface area contributed by atoms with Crippen molar-refractivity contribution in [2.45, 2.75) is 50.0 Å². The normalized spacial score (nSPS) is 30.5. The molecular formula is C16H25F2NO3. The predicted octanol–water partition coefficient (Wildman–Crippen LogP) is 2.47. The van der Waals surface area contributed by atoms with Gasteiger partial charge >= 0.3 is 0 Å². The molecule has 0 radical (unpaired) electrons. The maximum Gasteiger partial charge on any atom is 0.249 e. The molecule has 1 amide bonds. The molecule has 22 heavy (non-hydrogen) atoms. The third-order valence-electron chi connectivity index (χ3n) is 5.63. The lowest BCUT2D eigenvalue weighted by molar-refractivity contribution is -0.164. The summed E-state index contributed by atoms with van der Waals surface area (Å²) in [7, 11) is 1.71. The fourth-order valence-electron chi connectivity index (χ4n) is 4.21. The number of rotatable bonds is 4. The van der Waals surface area contributed by atoms with Gasteiger partial charge in [0.05, 0.1) is 5.60 Å². The maximum absolute atomic E-state index is 12.9. The summed E-state index contributed by atoms with van der Waals surface area (Å²) in [6, 6.07) is 0. The highest BCUT2D eigenvalue weighted by atomic mass is 19.3. The lowest BCUT2D eigenvalue weighted by Gasteiger charge is -2.44. The first-order valence-electron chi connectivity index (χ1n) is 8.25. The Hall–Kier alpha value is -0.750. The number of likely N-dealkylation sites (tertiary alicyclic amines) is 1. The van der Waals surface area contributed by atoms with E-state index in [0.29, 0.717) is 19.0 Å². The predicted molar refractivity (Wildman–Crippen MR) is 76.8 cm³/mol. The number of hydrogen-bond donors (Lipinski definition) is 0. The first kappa shape index (κ1) is 16.1. The van der Waals surface area contributed by atoms with Crippen LogP contribution in [0.25, 0.3) is 0 Å². The molecule has 1 spiro atoms. The molecule has 1 unspecified atom stereocenters. The van der Waals surface area contributed by atoms with Crippen LogP contribution < -0.4 is 0 Å². The van der Waals surface area contributed by atoms with Crippen molar-refractivity contribution in [3.63, 3.8) is 0 Å². The topological polar surface area (TPSA) is 38.8 Å². The highest BCUT2D eigenvalue weighted by molar-refractivity contribution is 5.80. The molecule has 0 bridgehead atoms. The molecule has 2 aliphatic heterocycles. The molecule has 2 saturated heterocycles. The zero-order valence-corrected chi connectivity index (χ0v) is 13.2. The van der Waals surface area contributed by atoms with E-state index in [1.54, 1.807) is 12.0 Å². The number of ether oxygens (including phenoxy) is 2. The Kier molecular flexibility index (Phi) is 4.42. The van der Waals surface area contributed by atoms with Gasteiger partial charge < -0.3 is 14.4 Å². The number of alkyl halides is 2. The monoisotopic (exact) mass is 317 g/mol. The Morgan fingerprint density at radius 1 is 1.32 bits per heavy atom. The molecule has 0 aromatic rings. The van der Waals surface area contributed by atoms with Crippen LogP contribution in [0.5, 0.6) is 0 Å². The number of nitrogens with zero attached hydrogens (tertiary/aromatic N) is 1. The highest BCUT2D eigenvalue weighted by Gasteiger charge is 2.51. The first-order valence-corrected chi connectivity index (χ1v) is 8.25. The van der Waals surface area contributed by atoms with E-state index in [4.69, 9.17) is 9.47 Å². The summed E-state index contributed by atoms with van der Waals surface area (Å²) in [5.74, 6) is -2.71. The molecule has 1 atom stereocenters. The van der Waals surface area contributed by atoms with Crippen LogP contribution in [0, 0.1) is 11.8 Å². The molecule has 2 heterocycles. The van der Waals surface area contributed by atoms with Gasteiger partial charge in [-0.05, 0) is 31.6 Å². The van der Waals surface area contributed by atoms with Crippen molar-refractivity contribution in [1.29, 1.82) is 0 Å². The smallest absolute Gasteiger partial charge is 0.249 e. The lowest BCUT2D eigenvalue weighted by Crippen LogP contribution is -2.53. The van der Waals surface area contributed by atoms with Gasteiger partial charge in [-0.3, -0.25) is 4.79 Å². The quantitative estimate of drug-likeness (QED) is 0.799. The Labute approximate surface area is 130 Å². The van der Waals surface area contributed by atoms with Crippen molar-refractivity contribution in [2.75, 3.05) is 33.4 Å². The molecule has 1 saturated carbocycles. The van der Waals surface area contributed by atoms with Gasteiger partial charge in [0.15, 0.2) is 0 Å². The van der Waals surface area contributed by atoms with Gasteiger partial charge in [-0.2, -0.15) is 0 Å². The number of amides is 1. The molecule has 4 nitrogen and oxygen atoms in total. The number of carbonyl (C=O) groups is 1. The Morgan fingerprint density at radius 2 is 2.00 bits per heavy atom. The van der Waals surface area contributed by atoms with Gasteiger partial charge in [-0.15, -0.1) is 0 Å². The number of hydrogen-bond acceptors (Lipinski definition) is 3. The molecule has 6 heteroatoms. The maximum atomic E-state index is 12.9. The molecular weight excluding hydrogens is 292 g/mol. The van der Waals surface area contributed by atoms with Crippen LogP contribution in [0.2, 0.25) is 0 Å². The Balaban J connectivity index is 1.52. The van der Waals surface area contributed by atoms with E-state index < -0.39 is 11.8 Å². The van der Waals surface area contributed by atoms with Crippen LogP contribution in [0.15, 0.2) is 0 Å². The molecule has 3 fully saturated rings. The largest absolute Gasteiger partial charge is 0.385 e.